The van der Waals surface area contributed by atoms with Crippen LogP contribution in [0.1, 0.15) is 179 Å². The largest absolute Gasteiger partial charge is 0.445 e. The zero-order valence-corrected chi connectivity index (χ0v) is 63.4. The van der Waals surface area contributed by atoms with Crippen LogP contribution >= 0.6 is 0 Å². The number of ketones is 2. The lowest BCUT2D eigenvalue weighted by Crippen LogP contribution is -2.60. The Morgan fingerprint density at radius 1 is 0.654 bits per heavy atom. The molecule has 104 heavy (non-hydrogen) atoms. The van der Waals surface area contributed by atoms with Crippen LogP contribution in [0.5, 0.6) is 0 Å². The van der Waals surface area contributed by atoms with Gasteiger partial charge < -0.3 is 61.0 Å². The number of primary amides is 1. The lowest BCUT2D eigenvalue weighted by molar-refractivity contribution is -0.148. The van der Waals surface area contributed by atoms with Crippen molar-refractivity contribution in [1.29, 1.82) is 0 Å². The number of methoxy groups -OCH3 is 2. The Bertz CT molecular complexity index is 3610. The van der Waals surface area contributed by atoms with Gasteiger partial charge in [0.15, 0.2) is 5.78 Å². The van der Waals surface area contributed by atoms with Gasteiger partial charge in [0.25, 0.3) is 0 Å². The molecule has 2 aliphatic rings. The number of urea groups is 1. The molecule has 4 aromatic rings. The zero-order chi connectivity index (χ0) is 76.5. The number of rotatable bonds is 39. The number of nitrogens with one attached hydrogen (secondary N) is 4. The second-order valence-corrected chi connectivity index (χ2v) is 29.0. The normalized spacial score (nSPS) is 16.5. The molecule has 0 spiro atoms. The number of aliphatic hydroxyl groups excluding tert-OH is 1. The Morgan fingerprint density at radius 3 is 1.91 bits per heavy atom. The second-order valence-electron chi connectivity index (χ2n) is 29.0. The van der Waals surface area contributed by atoms with Crippen LogP contribution in [-0.2, 0) is 72.1 Å². The van der Waals surface area contributed by atoms with Crippen molar-refractivity contribution in [3.05, 3.63) is 137 Å². The monoisotopic (exact) mass is 1440 g/mol. The molecule has 0 bridgehead atoms. The molecule has 2 aliphatic heterocycles. The van der Waals surface area contributed by atoms with Gasteiger partial charge in [0, 0.05) is 84.1 Å². The van der Waals surface area contributed by atoms with Crippen LogP contribution in [0.3, 0.4) is 0 Å². The van der Waals surface area contributed by atoms with Crippen molar-refractivity contribution < 1.29 is 67.3 Å². The topological polar surface area (TPSA) is 306 Å². The van der Waals surface area contributed by atoms with Crippen LogP contribution < -0.4 is 31.9 Å². The molecule has 1 saturated heterocycles. The maximum atomic E-state index is 14.9. The Morgan fingerprint density at radius 2 is 1.28 bits per heavy atom. The van der Waals surface area contributed by atoms with Crippen molar-refractivity contribution in [3.63, 3.8) is 0 Å². The van der Waals surface area contributed by atoms with E-state index in [1.54, 1.807) is 80.8 Å². The quantitative estimate of drug-likeness (QED) is 0.0179. The molecule has 0 saturated carbocycles. The Hall–Kier alpha value is -8.98. The maximum Gasteiger partial charge on any atom is 0.410 e. The highest BCUT2D eigenvalue weighted by Crippen LogP contribution is 2.33. The van der Waals surface area contributed by atoms with E-state index in [2.05, 4.69) is 33.1 Å². The first-order valence-electron chi connectivity index (χ1n) is 36.8. The van der Waals surface area contributed by atoms with Gasteiger partial charge in [-0.15, -0.1) is 0 Å². The SMILES string of the molecule is CC[C@H](C)[C@@H]([C@@H](CC(=O)N1CCC[C@H]1[C@H](OC)[C@@H](C)C(=O)C[C@H](C)[C@@H](O)c1ccccc1)OC)N(C)C(=O)[C@@H](NC(=O)[C@H](C(C)C)N(C)C(=O)OCc1ccc(CC(=O)[C@H](CCCNC(N)=O)NC(=O)[C@@H](NC(=O)CCCCC(=O)N2Cc3ccccc3C#Cc3ccccc32)C(C)C)cc1)C(C)C. The summed E-state index contributed by atoms with van der Waals surface area (Å²) in [5.74, 6) is 1.45. The van der Waals surface area contributed by atoms with Gasteiger partial charge in [-0.25, -0.2) is 9.59 Å². The highest BCUT2D eigenvalue weighted by Gasteiger charge is 2.44. The van der Waals surface area contributed by atoms with E-state index >= 15 is 0 Å². The number of Topliss-reactive ketones (excluding diaryl/α,β-unsaturated/α-hetero) is 2. The molecule has 1 fully saturated rings. The Labute approximate surface area is 615 Å². The minimum atomic E-state index is -1.08. The summed E-state index contributed by atoms with van der Waals surface area (Å²) in [5, 5.41) is 22.2. The Kier molecular flexibility index (Phi) is 33.0. The number of hydrogen-bond acceptors (Lipinski definition) is 14. The lowest BCUT2D eigenvalue weighted by Gasteiger charge is -2.41. The predicted octanol–water partition coefficient (Wildman–Crippen LogP) is 9.36. The molecule has 9 amide bonds. The van der Waals surface area contributed by atoms with Gasteiger partial charge in [0.2, 0.25) is 35.4 Å². The lowest BCUT2D eigenvalue weighted by atomic mass is 9.85. The van der Waals surface area contributed by atoms with E-state index in [4.69, 9.17) is 19.9 Å². The van der Waals surface area contributed by atoms with Crippen LogP contribution in [0.2, 0.25) is 0 Å². The first-order valence-corrected chi connectivity index (χ1v) is 36.8. The van der Waals surface area contributed by atoms with Gasteiger partial charge in [0.05, 0.1) is 55.1 Å². The van der Waals surface area contributed by atoms with Crippen LogP contribution in [-0.4, -0.2) is 169 Å². The number of fused-ring (bicyclic) bond motifs is 2. The van der Waals surface area contributed by atoms with E-state index in [1.165, 1.54) is 19.1 Å². The molecule has 2 heterocycles. The van der Waals surface area contributed by atoms with E-state index in [-0.39, 0.29) is 98.7 Å². The summed E-state index contributed by atoms with van der Waals surface area (Å²) in [6.45, 7) is 19.1. The molecule has 0 unspecified atom stereocenters. The fourth-order valence-electron chi connectivity index (χ4n) is 14.0. The van der Waals surface area contributed by atoms with Crippen LogP contribution in [0, 0.1) is 47.3 Å². The first-order chi connectivity index (χ1) is 49.5. The molecule has 12 atom stereocenters. The van der Waals surface area contributed by atoms with Gasteiger partial charge in [-0.2, -0.15) is 0 Å². The Balaban J connectivity index is 1.02. The van der Waals surface area contributed by atoms with Crippen LogP contribution in [0.25, 0.3) is 0 Å². The molecule has 0 aromatic heterocycles. The number of ether oxygens (including phenoxy) is 3. The average Bonchev–Trinajstić information content (AvgIpc) is 1.14. The van der Waals surface area contributed by atoms with Crippen LogP contribution in [0.4, 0.5) is 15.3 Å². The third-order valence-corrected chi connectivity index (χ3v) is 20.3. The summed E-state index contributed by atoms with van der Waals surface area (Å²) >= 11 is 0. The summed E-state index contributed by atoms with van der Waals surface area (Å²) in [6.07, 6.45) is 0.368. The van der Waals surface area contributed by atoms with Crippen LogP contribution in [0.15, 0.2) is 103 Å². The van der Waals surface area contributed by atoms with Gasteiger partial charge in [-0.05, 0) is 109 Å². The van der Waals surface area contributed by atoms with Crippen molar-refractivity contribution in [2.24, 2.45) is 41.2 Å². The standard InChI is InChI=1S/C81H113N9O14/c1-15-53(8)74(67(102-13)47-70(95)89-44-26-34-64(89)76(103-14)55(10)65(91)45-54(9)75(96)60-29-17-16-18-30-60)87(11)79(99)72(51(4)5)86-78(98)73(52(6)7)88(12)81(101)104-49-57-39-37-56(38-40-57)46-66(92)62(32-25-43-83-80(82)100)84-77(97)71(50(2)3)85-68(93)35-23-24-36-69(94)90-48-61-31-20-19-27-58(61)41-42-59-28-21-22-33-63(59)90/h16-22,27-31,33,37-40,50-55,62,64,67,71-76,96H,15,23-26,32,34-36,43-49H2,1-14H3,(H,84,97)(H,85,93)(H,86,98)(H3,82,83,100)/t53-,54-,55-,62-,64-,67+,71-,72-,73-,74-,75+,76+/m0/s1. The second kappa shape index (κ2) is 40.9. The molecular weight excluding hydrogens is 1320 g/mol. The molecule has 566 valence electrons. The number of unbranched alkanes of at least 4 members (excludes halogenated alkanes) is 1. The van der Waals surface area contributed by atoms with Crippen molar-refractivity contribution in [2.75, 3.05) is 46.3 Å². The van der Waals surface area contributed by atoms with E-state index in [9.17, 15) is 53.1 Å². The third-order valence-electron chi connectivity index (χ3n) is 20.3. The third kappa shape index (κ3) is 23.5. The van der Waals surface area contributed by atoms with Crippen molar-refractivity contribution in [3.8, 4) is 11.8 Å². The number of hydrogen-bond donors (Lipinski definition) is 6. The number of carbonyl (C=O) groups excluding carboxylic acids is 10. The van der Waals surface area contributed by atoms with E-state index < -0.39 is 102 Å². The van der Waals surface area contributed by atoms with E-state index in [0.717, 1.165) is 27.9 Å². The van der Waals surface area contributed by atoms with Crippen molar-refractivity contribution in [2.45, 2.75) is 214 Å². The van der Waals surface area contributed by atoms with E-state index in [0.29, 0.717) is 62.7 Å². The summed E-state index contributed by atoms with van der Waals surface area (Å²) in [4.78, 5) is 145. The zero-order valence-electron chi connectivity index (χ0n) is 63.4. The molecule has 23 nitrogen and oxygen atoms in total. The summed E-state index contributed by atoms with van der Waals surface area (Å²) in [5.41, 5.74) is 10.5. The number of amides is 9. The van der Waals surface area contributed by atoms with Crippen molar-refractivity contribution >= 4 is 64.8 Å². The fourth-order valence-corrected chi connectivity index (χ4v) is 14.0. The molecule has 0 aliphatic carbocycles. The predicted molar refractivity (Wildman–Crippen MR) is 399 cm³/mol. The minimum absolute atomic E-state index is 0.0555. The molecule has 23 heteroatoms. The summed E-state index contributed by atoms with van der Waals surface area (Å²) < 4.78 is 17.9. The molecular formula is C81H113N9O14. The number of para-hydroxylation sites is 1. The first kappa shape index (κ1) is 84.0. The molecule has 4 aromatic carbocycles. The minimum Gasteiger partial charge on any atom is -0.445 e. The number of carbonyl (C=O) groups is 10. The number of anilines is 1. The molecule has 6 rings (SSSR count). The molecule has 7 N–H and O–H groups in total. The number of benzene rings is 4. The maximum absolute atomic E-state index is 14.9. The van der Waals surface area contributed by atoms with Crippen molar-refractivity contribution in [1.82, 2.24) is 36.0 Å². The fraction of sp³-hybridized carbons (Fsp3) is 0.556. The number of likely N-dealkylation sites (tertiary alicyclic amines) is 1. The number of likely N-dealkylation sites (N-methyl/N-ethyl adjacent to an activating group) is 2. The molecule has 0 radical (unpaired) electrons. The number of aliphatic hydroxyl groups is 1. The average molecular weight is 1440 g/mol. The summed E-state index contributed by atoms with van der Waals surface area (Å²) in [7, 11) is 6.16. The smallest absolute Gasteiger partial charge is 0.410 e. The summed E-state index contributed by atoms with van der Waals surface area (Å²) in [6, 6.07) is 25.4. The van der Waals surface area contributed by atoms with Gasteiger partial charge in [-0.1, -0.05) is 172 Å². The highest BCUT2D eigenvalue weighted by atomic mass is 16.6. The number of nitrogens with two attached hydrogens (primary N) is 1. The number of nitrogens with zero attached hydrogens (tertiary/aromatic N) is 4. The highest BCUT2D eigenvalue weighted by molar-refractivity contribution is 5.96. The van der Waals surface area contributed by atoms with Gasteiger partial charge in [0.1, 0.15) is 30.5 Å². The van der Waals surface area contributed by atoms with Gasteiger partial charge >= 0.3 is 12.1 Å². The van der Waals surface area contributed by atoms with Gasteiger partial charge in [-0.3, -0.25) is 43.3 Å². The van der Waals surface area contributed by atoms with E-state index in [1.807, 2.05) is 120 Å².